The number of rotatable bonds is 8. The number of carbonyl (C=O) groups excluding carboxylic acids is 3. The Balaban J connectivity index is 1.67. The first-order chi connectivity index (χ1) is 14.4. The Hall–Kier alpha value is -3.25. The lowest BCUT2D eigenvalue weighted by Gasteiger charge is -2.14. The number of carbonyl (C=O) groups is 3. The van der Waals surface area contributed by atoms with Gasteiger partial charge in [-0.05, 0) is 42.7 Å². The van der Waals surface area contributed by atoms with Crippen molar-refractivity contribution in [2.75, 3.05) is 0 Å². The van der Waals surface area contributed by atoms with Crippen molar-refractivity contribution < 1.29 is 19.1 Å². The zero-order chi connectivity index (χ0) is 21.5. The second-order valence-electron chi connectivity index (χ2n) is 6.91. The monoisotopic (exact) mass is 421 g/mol. The topological polar surface area (TPSA) is 72.5 Å². The summed E-state index contributed by atoms with van der Waals surface area (Å²) in [6.07, 6.45) is -0.305. The molecule has 1 N–H and O–H groups in total. The highest BCUT2D eigenvalue weighted by Crippen LogP contribution is 2.21. The number of Topliss-reactive ketones (excluding diaryl/α,β-unsaturated/α-hetero) is 1. The Morgan fingerprint density at radius 1 is 0.967 bits per heavy atom. The van der Waals surface area contributed by atoms with Crippen LogP contribution >= 0.6 is 11.3 Å². The SMILES string of the molecule is CC(=O)NCc1ccc(C(=O)C(C)OC(=O)c2ccccc2Cc2ccccc2)s1. The fourth-order valence-corrected chi connectivity index (χ4v) is 3.95. The number of benzene rings is 2. The number of hydrogen-bond donors (Lipinski definition) is 1. The average molecular weight is 422 g/mol. The van der Waals surface area contributed by atoms with E-state index in [1.54, 1.807) is 31.2 Å². The van der Waals surface area contributed by atoms with E-state index in [1.807, 2.05) is 42.5 Å². The summed E-state index contributed by atoms with van der Waals surface area (Å²) in [7, 11) is 0. The highest BCUT2D eigenvalue weighted by molar-refractivity contribution is 7.14. The van der Waals surface area contributed by atoms with Crippen molar-refractivity contribution in [2.45, 2.75) is 32.9 Å². The number of amides is 1. The fraction of sp³-hybridized carbons (Fsp3) is 0.208. The van der Waals surface area contributed by atoms with Gasteiger partial charge in [0.2, 0.25) is 11.7 Å². The average Bonchev–Trinajstić information content (AvgIpc) is 3.22. The number of thiophene rings is 1. The molecule has 3 rings (SSSR count). The van der Waals surface area contributed by atoms with Gasteiger partial charge in [0, 0.05) is 11.8 Å². The Morgan fingerprint density at radius 2 is 1.67 bits per heavy atom. The molecule has 5 nitrogen and oxygen atoms in total. The number of hydrogen-bond acceptors (Lipinski definition) is 5. The zero-order valence-electron chi connectivity index (χ0n) is 16.9. The van der Waals surface area contributed by atoms with Crippen LogP contribution in [-0.4, -0.2) is 23.8 Å². The minimum atomic E-state index is -0.908. The van der Waals surface area contributed by atoms with E-state index in [2.05, 4.69) is 5.32 Å². The lowest BCUT2D eigenvalue weighted by atomic mass is 10.00. The standard InChI is InChI=1S/C24H23NO4S/c1-16(23(27)22-13-12-20(30-22)15-25-17(2)26)29-24(28)21-11-7-6-10-19(21)14-18-8-4-3-5-9-18/h3-13,16H,14-15H2,1-2H3,(H,25,26). The van der Waals surface area contributed by atoms with Gasteiger partial charge in [-0.2, -0.15) is 0 Å². The molecule has 0 aliphatic rings. The maximum Gasteiger partial charge on any atom is 0.339 e. The van der Waals surface area contributed by atoms with Crippen LogP contribution in [0.15, 0.2) is 66.7 Å². The van der Waals surface area contributed by atoms with E-state index >= 15 is 0 Å². The molecule has 3 aromatic rings. The molecule has 30 heavy (non-hydrogen) atoms. The molecule has 0 aliphatic heterocycles. The van der Waals surface area contributed by atoms with Crippen molar-refractivity contribution in [2.24, 2.45) is 0 Å². The van der Waals surface area contributed by atoms with Gasteiger partial charge in [0.1, 0.15) is 0 Å². The third kappa shape index (κ3) is 5.64. The van der Waals surface area contributed by atoms with E-state index in [0.29, 0.717) is 23.4 Å². The van der Waals surface area contributed by atoms with Gasteiger partial charge in [-0.3, -0.25) is 9.59 Å². The van der Waals surface area contributed by atoms with Crippen molar-refractivity contribution in [3.8, 4) is 0 Å². The summed E-state index contributed by atoms with van der Waals surface area (Å²) in [5.41, 5.74) is 2.40. The second-order valence-corrected chi connectivity index (χ2v) is 8.08. The zero-order valence-corrected chi connectivity index (χ0v) is 17.7. The molecule has 1 aromatic heterocycles. The van der Waals surface area contributed by atoms with Gasteiger partial charge in [-0.15, -0.1) is 11.3 Å². The highest BCUT2D eigenvalue weighted by atomic mass is 32.1. The number of ether oxygens (including phenoxy) is 1. The Morgan fingerprint density at radius 3 is 2.40 bits per heavy atom. The van der Waals surface area contributed by atoms with Crippen LogP contribution in [0.3, 0.4) is 0 Å². The van der Waals surface area contributed by atoms with Gasteiger partial charge in [0.05, 0.1) is 17.0 Å². The van der Waals surface area contributed by atoms with E-state index in [9.17, 15) is 14.4 Å². The summed E-state index contributed by atoms with van der Waals surface area (Å²) in [6.45, 7) is 3.39. The second kappa shape index (κ2) is 9.98. The first-order valence-electron chi connectivity index (χ1n) is 9.64. The first-order valence-corrected chi connectivity index (χ1v) is 10.5. The van der Waals surface area contributed by atoms with Crippen LogP contribution in [0.5, 0.6) is 0 Å². The Bertz CT molecular complexity index is 1040. The molecule has 0 fully saturated rings. The predicted molar refractivity (Wildman–Crippen MR) is 117 cm³/mol. The van der Waals surface area contributed by atoms with Crippen molar-refractivity contribution in [1.82, 2.24) is 5.32 Å². The molecule has 154 valence electrons. The molecule has 1 unspecified atom stereocenters. The molecular weight excluding hydrogens is 398 g/mol. The summed E-state index contributed by atoms with van der Waals surface area (Å²) in [6, 6.07) is 20.6. The molecule has 0 radical (unpaired) electrons. The van der Waals surface area contributed by atoms with E-state index in [-0.39, 0.29) is 11.7 Å². The normalized spacial score (nSPS) is 11.5. The van der Waals surface area contributed by atoms with Gasteiger partial charge in [-0.25, -0.2) is 4.79 Å². The summed E-state index contributed by atoms with van der Waals surface area (Å²) >= 11 is 1.28. The number of ketones is 1. The van der Waals surface area contributed by atoms with Gasteiger partial charge in [0.25, 0.3) is 0 Å². The van der Waals surface area contributed by atoms with Crippen LogP contribution in [0.25, 0.3) is 0 Å². The largest absolute Gasteiger partial charge is 0.451 e. The minimum Gasteiger partial charge on any atom is -0.451 e. The van der Waals surface area contributed by atoms with Crippen molar-refractivity contribution in [3.05, 3.63) is 93.2 Å². The van der Waals surface area contributed by atoms with Crippen LogP contribution in [0.1, 0.15) is 49.9 Å². The van der Waals surface area contributed by atoms with Gasteiger partial charge < -0.3 is 10.1 Å². The predicted octanol–water partition coefficient (Wildman–Crippen LogP) is 4.40. The molecule has 0 aliphatic carbocycles. The Kier molecular flexibility index (Phi) is 7.14. The smallest absolute Gasteiger partial charge is 0.339 e. The maximum absolute atomic E-state index is 12.8. The summed E-state index contributed by atoms with van der Waals surface area (Å²) in [5.74, 6) is -0.909. The Labute approximate surface area is 179 Å². The van der Waals surface area contributed by atoms with E-state index < -0.39 is 12.1 Å². The molecule has 1 amide bonds. The minimum absolute atomic E-state index is 0.132. The van der Waals surface area contributed by atoms with E-state index in [1.165, 1.54) is 18.3 Å². The molecule has 6 heteroatoms. The first kappa shape index (κ1) is 21.5. The highest BCUT2D eigenvalue weighted by Gasteiger charge is 2.23. The maximum atomic E-state index is 12.8. The lowest BCUT2D eigenvalue weighted by Crippen LogP contribution is -2.24. The number of nitrogens with one attached hydrogen (secondary N) is 1. The molecule has 1 heterocycles. The fourth-order valence-electron chi connectivity index (χ4n) is 2.98. The molecule has 0 bridgehead atoms. The molecular formula is C24H23NO4S. The summed E-state index contributed by atoms with van der Waals surface area (Å²) < 4.78 is 5.49. The molecule has 1 atom stereocenters. The van der Waals surface area contributed by atoms with Gasteiger partial charge in [0.15, 0.2) is 6.10 Å². The van der Waals surface area contributed by atoms with E-state index in [0.717, 1.165) is 16.0 Å². The van der Waals surface area contributed by atoms with Crippen LogP contribution in [0.2, 0.25) is 0 Å². The molecule has 2 aromatic carbocycles. The summed E-state index contributed by atoms with van der Waals surface area (Å²) in [4.78, 5) is 37.8. The number of esters is 1. The van der Waals surface area contributed by atoms with Crippen LogP contribution in [-0.2, 0) is 22.5 Å². The van der Waals surface area contributed by atoms with Crippen molar-refractivity contribution >= 4 is 29.0 Å². The van der Waals surface area contributed by atoms with Crippen LogP contribution < -0.4 is 5.32 Å². The van der Waals surface area contributed by atoms with Crippen molar-refractivity contribution in [1.29, 1.82) is 0 Å². The third-order valence-electron chi connectivity index (χ3n) is 4.54. The van der Waals surface area contributed by atoms with Crippen molar-refractivity contribution in [3.63, 3.8) is 0 Å². The summed E-state index contributed by atoms with van der Waals surface area (Å²) in [5, 5.41) is 2.70. The molecule has 0 saturated heterocycles. The van der Waals surface area contributed by atoms with Crippen LogP contribution in [0, 0.1) is 0 Å². The van der Waals surface area contributed by atoms with Gasteiger partial charge in [-0.1, -0.05) is 48.5 Å². The van der Waals surface area contributed by atoms with Gasteiger partial charge >= 0.3 is 5.97 Å². The lowest BCUT2D eigenvalue weighted by molar-refractivity contribution is -0.119. The quantitative estimate of drug-likeness (QED) is 0.432. The third-order valence-corrected chi connectivity index (χ3v) is 5.64. The molecule has 0 spiro atoms. The van der Waals surface area contributed by atoms with Crippen LogP contribution in [0.4, 0.5) is 0 Å². The van der Waals surface area contributed by atoms with E-state index in [4.69, 9.17) is 4.74 Å². The molecule has 0 saturated carbocycles.